The van der Waals surface area contributed by atoms with Crippen molar-refractivity contribution in [2.45, 2.75) is 32.1 Å². The van der Waals surface area contributed by atoms with Crippen molar-refractivity contribution in [1.82, 2.24) is 10.3 Å². The van der Waals surface area contributed by atoms with Crippen molar-refractivity contribution in [3.8, 4) is 0 Å². The van der Waals surface area contributed by atoms with E-state index >= 15 is 0 Å². The molecule has 1 aromatic heterocycles. The van der Waals surface area contributed by atoms with Crippen molar-refractivity contribution in [2.24, 2.45) is 0 Å². The second-order valence-electron chi connectivity index (χ2n) is 6.36. The molecule has 1 heterocycles. The summed E-state index contributed by atoms with van der Waals surface area (Å²) in [7, 11) is 0. The van der Waals surface area contributed by atoms with Gasteiger partial charge in [-0.1, -0.05) is 29.8 Å². The first-order chi connectivity index (χ1) is 12.7. The number of para-hydroxylation sites is 1. The first-order valence-corrected chi connectivity index (χ1v) is 9.01. The van der Waals surface area contributed by atoms with Crippen molar-refractivity contribution in [1.29, 1.82) is 0 Å². The van der Waals surface area contributed by atoms with E-state index in [-0.39, 0.29) is 17.5 Å². The predicted octanol–water partition coefficient (Wildman–Crippen LogP) is 3.95. The Morgan fingerprint density at radius 2 is 1.88 bits per heavy atom. The Labute approximate surface area is 153 Å². The van der Waals surface area contributed by atoms with Gasteiger partial charge < -0.3 is 10.6 Å². The first kappa shape index (κ1) is 17.9. The highest BCUT2D eigenvalue weighted by Crippen LogP contribution is 2.19. The molecule has 3 rings (SSSR count). The third-order valence-corrected chi connectivity index (χ3v) is 4.40. The lowest BCUT2D eigenvalue weighted by molar-refractivity contribution is 0.0954. The number of amides is 2. The largest absolute Gasteiger partial charge is 0.352 e. The monoisotopic (exact) mass is 349 g/mol. The Morgan fingerprint density at radius 3 is 2.65 bits per heavy atom. The molecule has 0 saturated carbocycles. The van der Waals surface area contributed by atoms with E-state index in [0.29, 0.717) is 17.8 Å². The zero-order valence-corrected chi connectivity index (χ0v) is 14.7. The predicted molar refractivity (Wildman–Crippen MR) is 102 cm³/mol. The molecule has 1 aliphatic rings. The SMILES string of the molecule is O=C(NCCC1=CCCCC1)c1ccnc(C(=O)Nc2ccccc2)c1. The topological polar surface area (TPSA) is 71.1 Å². The van der Waals surface area contributed by atoms with Gasteiger partial charge >= 0.3 is 0 Å². The molecule has 1 aromatic carbocycles. The Kier molecular flexibility index (Phi) is 6.14. The molecule has 0 radical (unpaired) electrons. The average molecular weight is 349 g/mol. The van der Waals surface area contributed by atoms with Crippen LogP contribution in [0.25, 0.3) is 0 Å². The fraction of sp³-hybridized carbons (Fsp3) is 0.286. The molecule has 2 amide bonds. The maximum atomic E-state index is 12.3. The van der Waals surface area contributed by atoms with Crippen LogP contribution < -0.4 is 10.6 Å². The van der Waals surface area contributed by atoms with Crippen LogP contribution in [0.2, 0.25) is 0 Å². The van der Waals surface area contributed by atoms with Crippen LogP contribution in [0.15, 0.2) is 60.3 Å². The van der Waals surface area contributed by atoms with Gasteiger partial charge in [0, 0.05) is 24.0 Å². The summed E-state index contributed by atoms with van der Waals surface area (Å²) < 4.78 is 0. The van der Waals surface area contributed by atoms with E-state index in [0.717, 1.165) is 19.3 Å². The zero-order valence-electron chi connectivity index (χ0n) is 14.7. The highest BCUT2D eigenvalue weighted by molar-refractivity contribution is 6.04. The molecule has 26 heavy (non-hydrogen) atoms. The Hall–Kier alpha value is -2.95. The molecular formula is C21H23N3O2. The molecular weight excluding hydrogens is 326 g/mol. The molecule has 5 nitrogen and oxygen atoms in total. The summed E-state index contributed by atoms with van der Waals surface area (Å²) in [4.78, 5) is 28.7. The lowest BCUT2D eigenvalue weighted by Gasteiger charge is -2.13. The lowest BCUT2D eigenvalue weighted by atomic mass is 9.97. The van der Waals surface area contributed by atoms with Gasteiger partial charge in [-0.05, 0) is 56.4 Å². The molecule has 1 aliphatic carbocycles. The summed E-state index contributed by atoms with van der Waals surface area (Å²) in [6.07, 6.45) is 9.44. The Balaban J connectivity index is 1.56. The number of benzene rings is 1. The zero-order chi connectivity index (χ0) is 18.2. The minimum Gasteiger partial charge on any atom is -0.352 e. The number of nitrogens with one attached hydrogen (secondary N) is 2. The van der Waals surface area contributed by atoms with Crippen LogP contribution in [0.1, 0.15) is 53.0 Å². The van der Waals surface area contributed by atoms with Gasteiger partial charge in [0.1, 0.15) is 5.69 Å². The molecule has 0 spiro atoms. The highest BCUT2D eigenvalue weighted by Gasteiger charge is 2.12. The molecule has 0 aliphatic heterocycles. The number of aromatic nitrogens is 1. The molecule has 2 aromatic rings. The van der Waals surface area contributed by atoms with Gasteiger partial charge in [-0.3, -0.25) is 14.6 Å². The average Bonchev–Trinajstić information content (AvgIpc) is 2.69. The fourth-order valence-corrected chi connectivity index (χ4v) is 2.98. The van der Waals surface area contributed by atoms with Crippen molar-refractivity contribution in [2.75, 3.05) is 11.9 Å². The summed E-state index contributed by atoms with van der Waals surface area (Å²) in [5.41, 5.74) is 2.77. The third kappa shape index (κ3) is 5.02. The number of rotatable bonds is 6. The van der Waals surface area contributed by atoms with Gasteiger partial charge in [0.2, 0.25) is 0 Å². The first-order valence-electron chi connectivity index (χ1n) is 9.01. The number of carbonyl (C=O) groups is 2. The van der Waals surface area contributed by atoms with E-state index in [1.54, 1.807) is 18.2 Å². The molecule has 0 fully saturated rings. The molecule has 0 atom stereocenters. The Bertz CT molecular complexity index is 800. The molecule has 0 saturated heterocycles. The normalized spacial score (nSPS) is 13.6. The number of nitrogens with zero attached hydrogens (tertiary/aromatic N) is 1. The summed E-state index contributed by atoms with van der Waals surface area (Å²) in [6.45, 7) is 0.610. The summed E-state index contributed by atoms with van der Waals surface area (Å²) in [5.74, 6) is -0.518. The van der Waals surface area contributed by atoms with E-state index in [1.807, 2.05) is 18.2 Å². The van der Waals surface area contributed by atoms with E-state index in [4.69, 9.17) is 0 Å². The third-order valence-electron chi connectivity index (χ3n) is 4.40. The van der Waals surface area contributed by atoms with Gasteiger partial charge in [-0.25, -0.2) is 0 Å². The van der Waals surface area contributed by atoms with E-state index in [1.165, 1.54) is 30.7 Å². The van der Waals surface area contributed by atoms with Crippen LogP contribution in [-0.2, 0) is 0 Å². The number of pyridine rings is 1. The summed E-state index contributed by atoms with van der Waals surface area (Å²) in [5, 5.41) is 5.69. The number of carbonyl (C=O) groups excluding carboxylic acids is 2. The summed E-state index contributed by atoms with van der Waals surface area (Å²) in [6, 6.07) is 12.3. The number of hydrogen-bond acceptors (Lipinski definition) is 3. The fourth-order valence-electron chi connectivity index (χ4n) is 2.98. The number of anilines is 1. The Morgan fingerprint density at radius 1 is 1.04 bits per heavy atom. The van der Waals surface area contributed by atoms with E-state index in [9.17, 15) is 9.59 Å². The maximum Gasteiger partial charge on any atom is 0.274 e. The molecule has 134 valence electrons. The van der Waals surface area contributed by atoms with Crippen LogP contribution in [0.5, 0.6) is 0 Å². The van der Waals surface area contributed by atoms with Crippen LogP contribution in [0.3, 0.4) is 0 Å². The van der Waals surface area contributed by atoms with E-state index < -0.39 is 0 Å². The van der Waals surface area contributed by atoms with Crippen LogP contribution in [0, 0.1) is 0 Å². The highest BCUT2D eigenvalue weighted by atomic mass is 16.2. The molecule has 5 heteroatoms. The van der Waals surface area contributed by atoms with Gasteiger partial charge in [0.15, 0.2) is 0 Å². The smallest absolute Gasteiger partial charge is 0.274 e. The van der Waals surface area contributed by atoms with Gasteiger partial charge in [-0.15, -0.1) is 0 Å². The van der Waals surface area contributed by atoms with Gasteiger partial charge in [0.25, 0.3) is 11.8 Å². The number of hydrogen-bond donors (Lipinski definition) is 2. The van der Waals surface area contributed by atoms with Crippen LogP contribution in [-0.4, -0.2) is 23.3 Å². The van der Waals surface area contributed by atoms with E-state index in [2.05, 4.69) is 21.7 Å². The minimum atomic E-state index is -0.335. The van der Waals surface area contributed by atoms with Crippen molar-refractivity contribution in [3.63, 3.8) is 0 Å². The molecule has 2 N–H and O–H groups in total. The van der Waals surface area contributed by atoms with Crippen molar-refractivity contribution < 1.29 is 9.59 Å². The van der Waals surface area contributed by atoms with Crippen LogP contribution >= 0.6 is 0 Å². The number of allylic oxidation sites excluding steroid dienone is 1. The van der Waals surface area contributed by atoms with Crippen molar-refractivity contribution >= 4 is 17.5 Å². The van der Waals surface area contributed by atoms with Crippen molar-refractivity contribution in [3.05, 3.63) is 71.6 Å². The van der Waals surface area contributed by atoms with Crippen LogP contribution in [0.4, 0.5) is 5.69 Å². The quantitative estimate of drug-likeness (QED) is 0.776. The van der Waals surface area contributed by atoms with Gasteiger partial charge in [0.05, 0.1) is 0 Å². The van der Waals surface area contributed by atoms with Gasteiger partial charge in [-0.2, -0.15) is 0 Å². The summed E-state index contributed by atoms with van der Waals surface area (Å²) >= 11 is 0. The maximum absolute atomic E-state index is 12.3. The minimum absolute atomic E-state index is 0.183. The second kappa shape index (κ2) is 8.94. The lowest BCUT2D eigenvalue weighted by Crippen LogP contribution is -2.25. The molecule has 0 unspecified atom stereocenters. The molecule has 0 bridgehead atoms. The second-order valence-corrected chi connectivity index (χ2v) is 6.36. The standard InChI is InChI=1S/C21H23N3O2/c25-20(23-13-11-16-7-3-1-4-8-16)17-12-14-22-19(15-17)21(26)24-18-9-5-2-6-10-18/h2,5-7,9-10,12,14-15H,1,3-4,8,11,13H2,(H,23,25)(H,24,26).